The number of ether oxygens (including phenoxy) is 1. The highest BCUT2D eigenvalue weighted by atomic mass is 32.2. The lowest BCUT2D eigenvalue weighted by molar-refractivity contribution is -0.144. The van der Waals surface area contributed by atoms with Crippen molar-refractivity contribution in [2.75, 3.05) is 13.7 Å². The Balaban J connectivity index is 1.96. The SMILES string of the molecule is C=CCNC(=O)c1cccc(S(=O)(=O)N2C(C(=O)OC)CC3CCCCC32)c1. The number of amides is 1. The summed E-state index contributed by atoms with van der Waals surface area (Å²) in [6.07, 6.45) is 5.65. The summed E-state index contributed by atoms with van der Waals surface area (Å²) in [6.45, 7) is 3.83. The summed E-state index contributed by atoms with van der Waals surface area (Å²) in [6, 6.07) is 4.89. The van der Waals surface area contributed by atoms with Gasteiger partial charge in [-0.3, -0.25) is 9.59 Å². The Labute approximate surface area is 165 Å². The Hall–Kier alpha value is -2.19. The predicted molar refractivity (Wildman–Crippen MR) is 104 cm³/mol. The molecule has 1 aromatic rings. The molecule has 0 radical (unpaired) electrons. The smallest absolute Gasteiger partial charge is 0.324 e. The van der Waals surface area contributed by atoms with E-state index < -0.39 is 22.0 Å². The third kappa shape index (κ3) is 3.84. The quantitative estimate of drug-likeness (QED) is 0.577. The number of hydrogen-bond donors (Lipinski definition) is 1. The number of nitrogens with zero attached hydrogens (tertiary/aromatic N) is 1. The van der Waals surface area contributed by atoms with Gasteiger partial charge in [-0.05, 0) is 43.4 Å². The molecule has 1 amide bonds. The van der Waals surface area contributed by atoms with Gasteiger partial charge in [0, 0.05) is 18.2 Å². The highest BCUT2D eigenvalue weighted by molar-refractivity contribution is 7.89. The van der Waals surface area contributed by atoms with Gasteiger partial charge in [-0.2, -0.15) is 4.31 Å². The van der Waals surface area contributed by atoms with Crippen molar-refractivity contribution in [3.05, 3.63) is 42.5 Å². The van der Waals surface area contributed by atoms with Crippen LogP contribution in [0.1, 0.15) is 42.5 Å². The number of sulfonamides is 1. The fraction of sp³-hybridized carbons (Fsp3) is 0.500. The molecule has 152 valence electrons. The maximum Gasteiger partial charge on any atom is 0.324 e. The van der Waals surface area contributed by atoms with Crippen LogP contribution in [0.15, 0.2) is 41.8 Å². The first-order chi connectivity index (χ1) is 13.4. The van der Waals surface area contributed by atoms with Gasteiger partial charge in [0.2, 0.25) is 10.0 Å². The van der Waals surface area contributed by atoms with Gasteiger partial charge in [0.25, 0.3) is 5.91 Å². The number of carbonyl (C=O) groups excluding carboxylic acids is 2. The molecule has 1 aliphatic heterocycles. The molecule has 3 rings (SSSR count). The molecule has 1 aromatic carbocycles. The van der Waals surface area contributed by atoms with Crippen molar-refractivity contribution >= 4 is 21.9 Å². The molecule has 1 aliphatic carbocycles. The largest absolute Gasteiger partial charge is 0.468 e. The van der Waals surface area contributed by atoms with Crippen LogP contribution in [-0.4, -0.2) is 50.3 Å². The minimum absolute atomic E-state index is 0.0129. The third-order valence-corrected chi connectivity index (χ3v) is 7.51. The number of benzene rings is 1. The lowest BCUT2D eigenvalue weighted by Crippen LogP contribution is -2.46. The first kappa shape index (κ1) is 20.5. The Bertz CT molecular complexity index is 867. The lowest BCUT2D eigenvalue weighted by atomic mass is 9.85. The number of fused-ring (bicyclic) bond motifs is 1. The molecule has 2 fully saturated rings. The second-order valence-corrected chi connectivity index (χ2v) is 9.09. The first-order valence-corrected chi connectivity index (χ1v) is 10.9. The minimum atomic E-state index is -3.96. The Morgan fingerprint density at radius 3 is 2.79 bits per heavy atom. The van der Waals surface area contributed by atoms with E-state index in [4.69, 9.17) is 4.74 Å². The van der Waals surface area contributed by atoms with Crippen LogP contribution in [0.5, 0.6) is 0 Å². The van der Waals surface area contributed by atoms with E-state index in [2.05, 4.69) is 11.9 Å². The summed E-state index contributed by atoms with van der Waals surface area (Å²) in [7, 11) is -2.68. The second-order valence-electron chi connectivity index (χ2n) is 7.25. The van der Waals surface area contributed by atoms with E-state index in [0.717, 1.165) is 25.7 Å². The van der Waals surface area contributed by atoms with Gasteiger partial charge >= 0.3 is 5.97 Å². The summed E-state index contributed by atoms with van der Waals surface area (Å²) in [5.74, 6) is -0.747. The van der Waals surface area contributed by atoms with Crippen molar-refractivity contribution in [2.45, 2.75) is 49.1 Å². The maximum absolute atomic E-state index is 13.5. The van der Waals surface area contributed by atoms with Crippen molar-refractivity contribution in [2.24, 2.45) is 5.92 Å². The molecule has 1 saturated carbocycles. The van der Waals surface area contributed by atoms with Crippen LogP contribution >= 0.6 is 0 Å². The van der Waals surface area contributed by atoms with Gasteiger partial charge in [-0.1, -0.05) is 25.0 Å². The average Bonchev–Trinajstić information content (AvgIpc) is 3.12. The van der Waals surface area contributed by atoms with E-state index >= 15 is 0 Å². The highest BCUT2D eigenvalue weighted by Crippen LogP contribution is 2.43. The molecule has 8 heteroatoms. The second kappa shape index (κ2) is 8.45. The monoisotopic (exact) mass is 406 g/mol. The molecule has 0 aromatic heterocycles. The zero-order valence-corrected chi connectivity index (χ0v) is 16.8. The Morgan fingerprint density at radius 2 is 2.07 bits per heavy atom. The fourth-order valence-electron chi connectivity index (χ4n) is 4.29. The molecule has 1 N–H and O–H groups in total. The first-order valence-electron chi connectivity index (χ1n) is 9.50. The zero-order valence-electron chi connectivity index (χ0n) is 16.0. The average molecular weight is 407 g/mol. The van der Waals surface area contributed by atoms with Gasteiger partial charge in [0.15, 0.2) is 0 Å². The topological polar surface area (TPSA) is 92.8 Å². The van der Waals surface area contributed by atoms with Gasteiger partial charge in [0.05, 0.1) is 12.0 Å². The number of nitrogens with one attached hydrogen (secondary N) is 1. The summed E-state index contributed by atoms with van der Waals surface area (Å²) in [4.78, 5) is 24.6. The number of carbonyl (C=O) groups is 2. The van der Waals surface area contributed by atoms with Crippen molar-refractivity contribution in [3.8, 4) is 0 Å². The fourth-order valence-corrected chi connectivity index (χ4v) is 6.20. The number of hydrogen-bond acceptors (Lipinski definition) is 5. The third-order valence-electron chi connectivity index (χ3n) is 5.58. The van der Waals surface area contributed by atoms with Crippen LogP contribution in [0.4, 0.5) is 0 Å². The minimum Gasteiger partial charge on any atom is -0.468 e. The van der Waals surface area contributed by atoms with Gasteiger partial charge < -0.3 is 10.1 Å². The van der Waals surface area contributed by atoms with E-state index in [0.29, 0.717) is 6.42 Å². The molecular weight excluding hydrogens is 380 g/mol. The lowest BCUT2D eigenvalue weighted by Gasteiger charge is -2.32. The molecule has 1 heterocycles. The zero-order chi connectivity index (χ0) is 20.3. The van der Waals surface area contributed by atoms with Crippen LogP contribution in [-0.2, 0) is 19.6 Å². The standard InChI is InChI=1S/C20H26N2O5S/c1-3-11-21-19(23)15-8-6-9-16(12-15)28(25,26)22-17-10-5-4-7-14(17)13-18(22)20(24)27-2/h3,6,8-9,12,14,17-18H,1,4-5,7,10-11,13H2,2H3,(H,21,23). The molecule has 1 saturated heterocycles. The summed E-state index contributed by atoms with van der Waals surface area (Å²) in [5, 5.41) is 2.64. The van der Waals surface area contributed by atoms with Crippen LogP contribution < -0.4 is 5.32 Å². The van der Waals surface area contributed by atoms with Crippen molar-refractivity contribution in [3.63, 3.8) is 0 Å². The van der Waals surface area contributed by atoms with Crippen LogP contribution in [0.3, 0.4) is 0 Å². The Morgan fingerprint density at radius 1 is 1.32 bits per heavy atom. The van der Waals surface area contributed by atoms with Crippen molar-refractivity contribution in [1.29, 1.82) is 0 Å². The van der Waals surface area contributed by atoms with Crippen LogP contribution in [0.2, 0.25) is 0 Å². The van der Waals surface area contributed by atoms with Crippen molar-refractivity contribution in [1.82, 2.24) is 9.62 Å². The number of methoxy groups -OCH3 is 1. The molecular formula is C20H26N2O5S. The van der Waals surface area contributed by atoms with E-state index in [1.807, 2.05) is 0 Å². The maximum atomic E-state index is 13.5. The van der Waals surface area contributed by atoms with Gasteiger partial charge in [-0.15, -0.1) is 6.58 Å². The molecule has 2 aliphatic rings. The van der Waals surface area contributed by atoms with Gasteiger partial charge in [0.1, 0.15) is 6.04 Å². The van der Waals surface area contributed by atoms with E-state index in [9.17, 15) is 18.0 Å². The molecule has 0 spiro atoms. The number of esters is 1. The molecule has 7 nitrogen and oxygen atoms in total. The normalized spacial score (nSPS) is 25.0. The highest BCUT2D eigenvalue weighted by Gasteiger charge is 2.51. The van der Waals surface area contributed by atoms with E-state index in [1.165, 1.54) is 29.6 Å². The predicted octanol–water partition coefficient (Wildman–Crippen LogP) is 2.10. The summed E-state index contributed by atoms with van der Waals surface area (Å²) >= 11 is 0. The molecule has 0 bridgehead atoms. The Kier molecular flexibility index (Phi) is 6.20. The number of rotatable bonds is 6. The van der Waals surface area contributed by atoms with E-state index in [1.54, 1.807) is 12.1 Å². The van der Waals surface area contributed by atoms with E-state index in [-0.39, 0.29) is 34.9 Å². The summed E-state index contributed by atoms with van der Waals surface area (Å²) in [5.41, 5.74) is 0.247. The molecule has 3 atom stereocenters. The van der Waals surface area contributed by atoms with Crippen LogP contribution in [0, 0.1) is 5.92 Å². The molecule has 3 unspecified atom stereocenters. The van der Waals surface area contributed by atoms with Crippen molar-refractivity contribution < 1.29 is 22.7 Å². The van der Waals surface area contributed by atoms with Gasteiger partial charge in [-0.25, -0.2) is 8.42 Å². The van der Waals surface area contributed by atoms with Crippen LogP contribution in [0.25, 0.3) is 0 Å². The molecule has 28 heavy (non-hydrogen) atoms. The summed E-state index contributed by atoms with van der Waals surface area (Å²) < 4.78 is 33.2.